The number of piperidine rings is 1. The van der Waals surface area contributed by atoms with E-state index in [0.717, 1.165) is 37.7 Å². The fraction of sp³-hybridized carbons (Fsp3) is 0.455. The molecule has 2 fully saturated rings. The highest BCUT2D eigenvalue weighted by Gasteiger charge is 2.45. The normalized spacial score (nSPS) is 15.6. The van der Waals surface area contributed by atoms with Gasteiger partial charge in [0.15, 0.2) is 6.61 Å². The quantitative estimate of drug-likeness (QED) is 0.187. The van der Waals surface area contributed by atoms with Gasteiger partial charge in [0.05, 0.1) is 5.54 Å². The Morgan fingerprint density at radius 3 is 2.14 bits per heavy atom. The maximum absolute atomic E-state index is 12.9. The molecule has 0 atom stereocenters. The Hall–Kier alpha value is -4.66. The second kappa shape index (κ2) is 14.8. The summed E-state index contributed by atoms with van der Waals surface area (Å²) in [6, 6.07) is 13.0. The van der Waals surface area contributed by atoms with Crippen molar-refractivity contribution in [2.75, 3.05) is 43.4 Å². The molecule has 0 radical (unpaired) electrons. The molecule has 3 aromatic rings. The monoisotopic (exact) mass is 702 g/mol. The molecule has 262 valence electrons. The molecule has 4 N–H and O–H groups in total. The van der Waals surface area contributed by atoms with Gasteiger partial charge >= 0.3 is 24.0 Å². The molecule has 2 heterocycles. The Kier molecular flexibility index (Phi) is 10.8. The summed E-state index contributed by atoms with van der Waals surface area (Å²) in [7, 11) is 0. The van der Waals surface area contributed by atoms with E-state index in [4.69, 9.17) is 16.3 Å². The van der Waals surface area contributed by atoms with Gasteiger partial charge in [0.25, 0.3) is 5.91 Å². The number of benzene rings is 2. The molecule has 1 saturated heterocycles. The lowest BCUT2D eigenvalue weighted by Crippen LogP contribution is -2.48. The summed E-state index contributed by atoms with van der Waals surface area (Å²) in [6.07, 6.45) is -0.285. The smallest absolute Gasteiger partial charge is 0.422 e. The lowest BCUT2D eigenvalue weighted by molar-refractivity contribution is -0.154. The summed E-state index contributed by atoms with van der Waals surface area (Å²) in [4.78, 5) is 51.7. The van der Waals surface area contributed by atoms with Crippen LogP contribution in [0.25, 0.3) is 0 Å². The molecule has 12 nitrogen and oxygen atoms in total. The second-order valence-corrected chi connectivity index (χ2v) is 13.4. The van der Waals surface area contributed by atoms with Gasteiger partial charge in [-0.3, -0.25) is 14.4 Å². The van der Waals surface area contributed by atoms with Gasteiger partial charge in [0, 0.05) is 42.5 Å². The molecule has 2 aliphatic rings. The number of likely N-dealkylation sites (tertiary alicyclic amines) is 1. The molecule has 0 bridgehead atoms. The van der Waals surface area contributed by atoms with Crippen molar-refractivity contribution in [3.8, 4) is 6.01 Å². The average molecular weight is 703 g/mol. The third-order valence-electron chi connectivity index (χ3n) is 8.17. The Labute approximate surface area is 286 Å². The van der Waals surface area contributed by atoms with E-state index >= 15 is 0 Å². The van der Waals surface area contributed by atoms with Crippen LogP contribution in [-0.4, -0.2) is 76.5 Å². The molecular formula is C33H38ClF3N8O4. The summed E-state index contributed by atoms with van der Waals surface area (Å²) < 4.78 is 43.6. The maximum atomic E-state index is 12.9. The first-order valence-electron chi connectivity index (χ1n) is 15.9. The van der Waals surface area contributed by atoms with Crippen molar-refractivity contribution in [1.82, 2.24) is 30.5 Å². The third-order valence-corrected chi connectivity index (χ3v) is 8.43. The highest BCUT2D eigenvalue weighted by Crippen LogP contribution is 2.48. The largest absolute Gasteiger partial charge is 0.454 e. The third kappa shape index (κ3) is 10.2. The number of alkyl halides is 3. The van der Waals surface area contributed by atoms with Crippen LogP contribution in [0.5, 0.6) is 6.01 Å². The first-order chi connectivity index (χ1) is 23.2. The summed E-state index contributed by atoms with van der Waals surface area (Å²) in [5.41, 5.74) is 0.670. The van der Waals surface area contributed by atoms with E-state index < -0.39 is 41.6 Å². The zero-order valence-corrected chi connectivity index (χ0v) is 27.9. The first kappa shape index (κ1) is 35.6. The van der Waals surface area contributed by atoms with Gasteiger partial charge in [-0.25, -0.2) is 0 Å². The fourth-order valence-electron chi connectivity index (χ4n) is 5.23. The van der Waals surface area contributed by atoms with Crippen LogP contribution in [-0.2, 0) is 15.1 Å². The zero-order chi connectivity index (χ0) is 35.2. The van der Waals surface area contributed by atoms with E-state index in [1.54, 1.807) is 41.3 Å². The second-order valence-electron chi connectivity index (χ2n) is 13.0. The van der Waals surface area contributed by atoms with Crippen molar-refractivity contribution in [3.05, 3.63) is 64.7 Å². The lowest BCUT2D eigenvalue weighted by atomic mass is 9.93. The summed E-state index contributed by atoms with van der Waals surface area (Å²) in [6.45, 7) is 3.71. The highest BCUT2D eigenvalue weighted by molar-refractivity contribution is 6.35. The number of aromatic nitrogens is 3. The molecule has 1 aliphatic carbocycles. The van der Waals surface area contributed by atoms with Gasteiger partial charge in [-0.05, 0) is 79.5 Å². The van der Waals surface area contributed by atoms with Gasteiger partial charge in [0.2, 0.25) is 11.9 Å². The summed E-state index contributed by atoms with van der Waals surface area (Å²) in [5.74, 6) is -1.60. The minimum Gasteiger partial charge on any atom is -0.454 e. The number of carbonyl (C=O) groups excluding carboxylic acids is 3. The molecule has 49 heavy (non-hydrogen) atoms. The molecule has 3 amide bonds. The fourth-order valence-corrected chi connectivity index (χ4v) is 5.35. The Morgan fingerprint density at radius 2 is 1.51 bits per heavy atom. The predicted molar refractivity (Wildman–Crippen MR) is 177 cm³/mol. The van der Waals surface area contributed by atoms with Gasteiger partial charge in [0.1, 0.15) is 0 Å². The van der Waals surface area contributed by atoms with Crippen molar-refractivity contribution in [2.24, 2.45) is 5.41 Å². The van der Waals surface area contributed by atoms with Crippen molar-refractivity contribution < 1.29 is 32.3 Å². The van der Waals surface area contributed by atoms with Crippen LogP contribution in [0.2, 0.25) is 5.02 Å². The molecule has 1 aromatic heterocycles. The highest BCUT2D eigenvalue weighted by atomic mass is 35.5. The molecular weight excluding hydrogens is 665 g/mol. The van der Waals surface area contributed by atoms with E-state index in [1.165, 1.54) is 0 Å². The molecule has 1 saturated carbocycles. The Balaban J connectivity index is 1.19. The summed E-state index contributed by atoms with van der Waals surface area (Å²) in [5, 5.41) is 12.3. The number of ether oxygens (including phenoxy) is 1. The SMILES string of the molecule is CC(C)(CNC(=O)C(=O)N1CCCCC1)CNC(=O)c1ccc(Nc2nc(NC3(c4ccc(Cl)cc4)CC3)nc(OCC(F)(F)F)n2)cc1. The topological polar surface area (TPSA) is 150 Å². The van der Waals surface area contributed by atoms with Gasteiger partial charge in [-0.1, -0.05) is 37.6 Å². The van der Waals surface area contributed by atoms with Gasteiger partial charge in [-0.15, -0.1) is 0 Å². The van der Waals surface area contributed by atoms with E-state index in [2.05, 4.69) is 36.2 Å². The number of halogens is 4. The van der Waals surface area contributed by atoms with Crippen molar-refractivity contribution in [3.63, 3.8) is 0 Å². The maximum Gasteiger partial charge on any atom is 0.422 e. The Bertz CT molecular complexity index is 1650. The van der Waals surface area contributed by atoms with Crippen LogP contribution >= 0.6 is 11.6 Å². The van der Waals surface area contributed by atoms with Crippen molar-refractivity contribution >= 4 is 46.9 Å². The van der Waals surface area contributed by atoms with Gasteiger partial charge in [-0.2, -0.15) is 28.1 Å². The van der Waals surface area contributed by atoms with Crippen LogP contribution in [0.15, 0.2) is 48.5 Å². The van der Waals surface area contributed by atoms with Crippen LogP contribution in [0.3, 0.4) is 0 Å². The van der Waals surface area contributed by atoms with E-state index in [9.17, 15) is 27.6 Å². The number of carbonyl (C=O) groups is 3. The summed E-state index contributed by atoms with van der Waals surface area (Å²) >= 11 is 6.03. The minimum atomic E-state index is -4.60. The van der Waals surface area contributed by atoms with E-state index in [0.29, 0.717) is 29.4 Å². The molecule has 0 unspecified atom stereocenters. The number of amides is 3. The van der Waals surface area contributed by atoms with E-state index in [1.807, 2.05) is 26.0 Å². The molecule has 16 heteroatoms. The predicted octanol–water partition coefficient (Wildman–Crippen LogP) is 5.20. The number of nitrogens with zero attached hydrogens (tertiary/aromatic N) is 4. The molecule has 2 aromatic carbocycles. The van der Waals surface area contributed by atoms with Crippen molar-refractivity contribution in [2.45, 2.75) is 57.7 Å². The zero-order valence-electron chi connectivity index (χ0n) is 27.1. The van der Waals surface area contributed by atoms with Crippen molar-refractivity contribution in [1.29, 1.82) is 0 Å². The number of hydrogen-bond acceptors (Lipinski definition) is 9. The van der Waals surface area contributed by atoms with E-state index in [-0.39, 0.29) is 30.9 Å². The van der Waals surface area contributed by atoms with Crippen LogP contribution < -0.4 is 26.0 Å². The van der Waals surface area contributed by atoms with Crippen LogP contribution in [0.1, 0.15) is 61.9 Å². The first-order valence-corrected chi connectivity index (χ1v) is 16.3. The molecule has 1 aliphatic heterocycles. The lowest BCUT2D eigenvalue weighted by Gasteiger charge is -2.28. The van der Waals surface area contributed by atoms with Crippen LogP contribution in [0, 0.1) is 5.41 Å². The number of hydrogen-bond donors (Lipinski definition) is 4. The number of rotatable bonds is 12. The number of anilines is 3. The molecule has 5 rings (SSSR count). The standard InChI is InChI=1S/C33H38ClF3N8O4/c1-31(2,19-39-26(47)27(48)45-16-4-3-5-17-45)18-38-25(46)21-6-12-24(13-7-21)40-28-41-29(43-30(42-28)49-20-33(35,36)37)44-32(14-15-32)22-8-10-23(34)11-9-22/h6-13H,3-5,14-20H2,1-2H3,(H,38,46)(H,39,47)(H2,40,41,42,43,44). The minimum absolute atomic E-state index is 0.0211. The number of nitrogens with one attached hydrogen (secondary N) is 4. The van der Waals surface area contributed by atoms with Crippen LogP contribution in [0.4, 0.5) is 30.8 Å². The average Bonchev–Trinajstić information content (AvgIpc) is 3.86. The molecule has 0 spiro atoms. The van der Waals surface area contributed by atoms with Gasteiger partial charge < -0.3 is 30.9 Å². The Morgan fingerprint density at radius 1 is 0.878 bits per heavy atom.